The molecule has 0 atom stereocenters. The van der Waals surface area contributed by atoms with E-state index < -0.39 is 0 Å². The normalized spacial score (nSPS) is 13.4. The van der Waals surface area contributed by atoms with Crippen LogP contribution in [0.5, 0.6) is 0 Å². The van der Waals surface area contributed by atoms with E-state index >= 15 is 0 Å². The number of thiophene rings is 2. The van der Waals surface area contributed by atoms with Crippen molar-refractivity contribution >= 4 is 39.6 Å². The fourth-order valence-electron chi connectivity index (χ4n) is 2.82. The minimum Gasteiger partial charge on any atom is -0.462 e. The molecule has 0 unspecified atom stereocenters. The van der Waals surface area contributed by atoms with Crippen LogP contribution in [0.15, 0.2) is 16.8 Å². The first-order chi connectivity index (χ1) is 11.2. The number of amides is 1. The average Bonchev–Trinajstić information content (AvgIpc) is 3.14. The lowest BCUT2D eigenvalue weighted by Gasteiger charge is -2.12. The van der Waals surface area contributed by atoms with Crippen LogP contribution in [0.25, 0.3) is 0 Å². The largest absolute Gasteiger partial charge is 0.462 e. The number of hydrogen-bond acceptors (Lipinski definition) is 5. The number of carbonyl (C=O) groups is 2. The van der Waals surface area contributed by atoms with E-state index in [9.17, 15) is 9.59 Å². The molecule has 23 heavy (non-hydrogen) atoms. The highest BCUT2D eigenvalue weighted by Gasteiger charge is 2.27. The molecule has 0 spiro atoms. The van der Waals surface area contributed by atoms with Gasteiger partial charge in [0.25, 0.3) is 0 Å². The van der Waals surface area contributed by atoms with Gasteiger partial charge in [-0.05, 0) is 60.6 Å². The van der Waals surface area contributed by atoms with Crippen molar-refractivity contribution in [3.8, 4) is 0 Å². The number of anilines is 1. The molecule has 0 saturated heterocycles. The van der Waals surface area contributed by atoms with Crippen LogP contribution in [-0.2, 0) is 28.8 Å². The highest BCUT2D eigenvalue weighted by molar-refractivity contribution is 7.17. The van der Waals surface area contributed by atoms with Crippen molar-refractivity contribution in [3.63, 3.8) is 0 Å². The summed E-state index contributed by atoms with van der Waals surface area (Å²) >= 11 is 3.10. The minimum atomic E-state index is -0.322. The molecule has 3 rings (SSSR count). The Kier molecular flexibility index (Phi) is 5.13. The van der Waals surface area contributed by atoms with Crippen LogP contribution in [0, 0.1) is 0 Å². The van der Waals surface area contributed by atoms with Gasteiger partial charge in [0.05, 0.1) is 18.6 Å². The van der Waals surface area contributed by atoms with Crippen molar-refractivity contribution in [3.05, 3.63) is 38.4 Å². The second-order valence-corrected chi connectivity index (χ2v) is 7.38. The Morgan fingerprint density at radius 2 is 2.13 bits per heavy atom. The van der Waals surface area contributed by atoms with Gasteiger partial charge in [-0.1, -0.05) is 0 Å². The number of esters is 1. The third-order valence-electron chi connectivity index (χ3n) is 3.85. The first kappa shape index (κ1) is 16.2. The van der Waals surface area contributed by atoms with E-state index in [2.05, 4.69) is 5.32 Å². The Morgan fingerprint density at radius 1 is 1.30 bits per heavy atom. The van der Waals surface area contributed by atoms with Crippen LogP contribution in [0.3, 0.4) is 0 Å². The van der Waals surface area contributed by atoms with E-state index in [0.717, 1.165) is 36.8 Å². The zero-order chi connectivity index (χ0) is 16.2. The lowest BCUT2D eigenvalue weighted by molar-refractivity contribution is -0.115. The van der Waals surface area contributed by atoms with Gasteiger partial charge >= 0.3 is 5.97 Å². The van der Waals surface area contributed by atoms with Gasteiger partial charge in [0.1, 0.15) is 5.00 Å². The van der Waals surface area contributed by atoms with E-state index in [1.165, 1.54) is 16.2 Å². The second-order valence-electron chi connectivity index (χ2n) is 5.49. The number of fused-ring (bicyclic) bond motifs is 1. The van der Waals surface area contributed by atoms with E-state index in [-0.39, 0.29) is 11.9 Å². The van der Waals surface area contributed by atoms with Crippen molar-refractivity contribution in [2.45, 2.75) is 39.0 Å². The SMILES string of the molecule is CCOC(=O)c1c(NC(=O)Cc2ccsc2)sc2c1CCCC2. The first-order valence-corrected chi connectivity index (χ1v) is 9.57. The molecular weight excluding hydrogens is 330 g/mol. The minimum absolute atomic E-state index is 0.0902. The molecule has 2 aromatic rings. The van der Waals surface area contributed by atoms with Crippen LogP contribution in [0.2, 0.25) is 0 Å². The predicted molar refractivity (Wildman–Crippen MR) is 93.6 cm³/mol. The maximum absolute atomic E-state index is 12.3. The molecule has 0 aromatic carbocycles. The Morgan fingerprint density at radius 3 is 2.87 bits per heavy atom. The van der Waals surface area contributed by atoms with Crippen molar-refractivity contribution in [1.29, 1.82) is 0 Å². The van der Waals surface area contributed by atoms with Gasteiger partial charge in [-0.15, -0.1) is 11.3 Å². The average molecular weight is 349 g/mol. The van der Waals surface area contributed by atoms with Crippen LogP contribution in [-0.4, -0.2) is 18.5 Å². The summed E-state index contributed by atoms with van der Waals surface area (Å²) in [5.41, 5.74) is 2.64. The van der Waals surface area contributed by atoms with Crippen LogP contribution >= 0.6 is 22.7 Å². The first-order valence-electron chi connectivity index (χ1n) is 7.81. The maximum atomic E-state index is 12.3. The highest BCUT2D eigenvalue weighted by Crippen LogP contribution is 2.38. The quantitative estimate of drug-likeness (QED) is 0.829. The molecule has 122 valence electrons. The standard InChI is InChI=1S/C17H19NO3S2/c1-2-21-17(20)15-12-5-3-4-6-13(12)23-16(15)18-14(19)9-11-7-8-22-10-11/h7-8,10H,2-6,9H2,1H3,(H,18,19). The number of hydrogen-bond donors (Lipinski definition) is 1. The third kappa shape index (κ3) is 3.64. The summed E-state index contributed by atoms with van der Waals surface area (Å²) in [6, 6.07) is 1.94. The Hall–Kier alpha value is -1.66. The summed E-state index contributed by atoms with van der Waals surface area (Å²) in [5, 5.41) is 7.50. The number of nitrogens with one attached hydrogen (secondary N) is 1. The second kappa shape index (κ2) is 7.27. The number of aryl methyl sites for hydroxylation is 1. The van der Waals surface area contributed by atoms with Crippen molar-refractivity contribution in [2.24, 2.45) is 0 Å². The summed E-state index contributed by atoms with van der Waals surface area (Å²) < 4.78 is 5.20. The zero-order valence-electron chi connectivity index (χ0n) is 13.0. The number of carbonyl (C=O) groups excluding carboxylic acids is 2. The summed E-state index contributed by atoms with van der Waals surface area (Å²) in [4.78, 5) is 25.8. The Labute approximate surface area is 143 Å². The van der Waals surface area contributed by atoms with Crippen LogP contribution in [0.1, 0.15) is 46.1 Å². The van der Waals surface area contributed by atoms with Gasteiger partial charge in [-0.2, -0.15) is 11.3 Å². The molecule has 0 saturated carbocycles. The lowest BCUT2D eigenvalue weighted by Crippen LogP contribution is -2.17. The third-order valence-corrected chi connectivity index (χ3v) is 5.79. The molecule has 2 heterocycles. The molecule has 6 heteroatoms. The summed E-state index contributed by atoms with van der Waals surface area (Å²) in [7, 11) is 0. The van der Waals surface area contributed by atoms with Gasteiger partial charge < -0.3 is 10.1 Å². The van der Waals surface area contributed by atoms with Gasteiger partial charge in [0, 0.05) is 4.88 Å². The predicted octanol–water partition coefficient (Wildman–Crippen LogP) is 4.05. The molecule has 0 aliphatic heterocycles. The molecule has 0 radical (unpaired) electrons. The molecule has 4 nitrogen and oxygen atoms in total. The van der Waals surface area contributed by atoms with Crippen molar-refractivity contribution in [1.82, 2.24) is 0 Å². The van der Waals surface area contributed by atoms with E-state index in [1.54, 1.807) is 18.3 Å². The Balaban J connectivity index is 1.84. The fourth-order valence-corrected chi connectivity index (χ4v) is 4.78. The lowest BCUT2D eigenvalue weighted by atomic mass is 9.95. The molecule has 0 bridgehead atoms. The Bertz CT molecular complexity index is 704. The zero-order valence-corrected chi connectivity index (χ0v) is 14.6. The molecule has 1 aliphatic rings. The van der Waals surface area contributed by atoms with E-state index in [1.807, 2.05) is 16.8 Å². The molecule has 2 aromatic heterocycles. The fraction of sp³-hybridized carbons (Fsp3) is 0.412. The maximum Gasteiger partial charge on any atom is 0.341 e. The summed E-state index contributed by atoms with van der Waals surface area (Å²) in [6.07, 6.45) is 4.41. The number of rotatable bonds is 5. The topological polar surface area (TPSA) is 55.4 Å². The van der Waals surface area contributed by atoms with Gasteiger partial charge in [-0.25, -0.2) is 4.79 Å². The van der Waals surface area contributed by atoms with E-state index in [0.29, 0.717) is 23.6 Å². The van der Waals surface area contributed by atoms with Crippen molar-refractivity contribution < 1.29 is 14.3 Å². The van der Waals surface area contributed by atoms with Crippen molar-refractivity contribution in [2.75, 3.05) is 11.9 Å². The van der Waals surface area contributed by atoms with Gasteiger partial charge in [-0.3, -0.25) is 4.79 Å². The number of ether oxygens (including phenoxy) is 1. The van der Waals surface area contributed by atoms with Gasteiger partial charge in [0.15, 0.2) is 0 Å². The van der Waals surface area contributed by atoms with Gasteiger partial charge in [0.2, 0.25) is 5.91 Å². The van der Waals surface area contributed by atoms with Crippen LogP contribution in [0.4, 0.5) is 5.00 Å². The molecule has 1 aliphatic carbocycles. The molecular formula is C17H19NO3S2. The highest BCUT2D eigenvalue weighted by atomic mass is 32.1. The summed E-state index contributed by atoms with van der Waals surface area (Å²) in [5.74, 6) is -0.412. The van der Waals surface area contributed by atoms with Crippen LogP contribution < -0.4 is 5.32 Å². The smallest absolute Gasteiger partial charge is 0.341 e. The molecule has 1 N–H and O–H groups in total. The molecule has 1 amide bonds. The molecule has 0 fully saturated rings. The monoisotopic (exact) mass is 349 g/mol. The summed E-state index contributed by atoms with van der Waals surface area (Å²) in [6.45, 7) is 2.14. The van der Waals surface area contributed by atoms with E-state index in [4.69, 9.17) is 4.74 Å².